The minimum absolute atomic E-state index is 0.0132. The van der Waals surface area contributed by atoms with Crippen molar-refractivity contribution in [3.05, 3.63) is 87.2 Å². The van der Waals surface area contributed by atoms with Gasteiger partial charge in [-0.05, 0) is 29.7 Å². The number of aromatic nitrogens is 2. The maximum absolute atomic E-state index is 12.8. The highest BCUT2D eigenvalue weighted by Gasteiger charge is 2.12. The Bertz CT molecular complexity index is 1090. The molecular formula is C20H15ClN2OS. The summed E-state index contributed by atoms with van der Waals surface area (Å²) in [6.45, 7) is 0.621. The first-order valence-corrected chi connectivity index (χ1v) is 9.24. The number of benzene rings is 2. The van der Waals surface area contributed by atoms with Crippen LogP contribution in [-0.2, 0) is 13.0 Å². The van der Waals surface area contributed by atoms with E-state index in [2.05, 4.69) is 17.1 Å². The van der Waals surface area contributed by atoms with E-state index in [1.807, 2.05) is 47.8 Å². The Hall–Kier alpha value is -2.43. The van der Waals surface area contributed by atoms with Crippen LogP contribution in [0.1, 0.15) is 5.56 Å². The maximum atomic E-state index is 12.8. The number of fused-ring (bicyclic) bond motifs is 1. The fourth-order valence-corrected chi connectivity index (χ4v) is 4.02. The first-order valence-electron chi connectivity index (χ1n) is 7.99. The summed E-state index contributed by atoms with van der Waals surface area (Å²) in [7, 11) is 0. The summed E-state index contributed by atoms with van der Waals surface area (Å²) in [4.78, 5) is 17.3. The normalized spacial score (nSPS) is 11.1. The maximum Gasteiger partial charge on any atom is 0.271 e. The van der Waals surface area contributed by atoms with Gasteiger partial charge in [0.05, 0.1) is 11.8 Å². The van der Waals surface area contributed by atoms with Gasteiger partial charge < -0.3 is 0 Å². The van der Waals surface area contributed by atoms with Gasteiger partial charge in [0.15, 0.2) is 0 Å². The standard InChI is InChI=1S/C20H15ClN2OS/c21-16-8-4-7-15(11-16)17-12-25-19-18(17)22-13-23(20(19)24)10-9-14-5-2-1-3-6-14/h1-8,11-13H,9-10H2. The second-order valence-corrected chi connectivity index (χ2v) is 7.13. The van der Waals surface area contributed by atoms with Gasteiger partial charge >= 0.3 is 0 Å². The van der Waals surface area contributed by atoms with Crippen molar-refractivity contribution in [2.45, 2.75) is 13.0 Å². The van der Waals surface area contributed by atoms with Gasteiger partial charge in [0, 0.05) is 22.5 Å². The molecule has 0 aliphatic rings. The monoisotopic (exact) mass is 366 g/mol. The van der Waals surface area contributed by atoms with Crippen LogP contribution in [0, 0.1) is 0 Å². The molecule has 0 aliphatic heterocycles. The lowest BCUT2D eigenvalue weighted by Gasteiger charge is -2.06. The van der Waals surface area contributed by atoms with Gasteiger partial charge in [0.2, 0.25) is 0 Å². The summed E-state index contributed by atoms with van der Waals surface area (Å²) < 4.78 is 2.37. The predicted octanol–water partition coefficient (Wildman–Crippen LogP) is 5.02. The van der Waals surface area contributed by atoms with Crippen molar-refractivity contribution < 1.29 is 0 Å². The van der Waals surface area contributed by atoms with Crippen molar-refractivity contribution in [2.24, 2.45) is 0 Å². The molecule has 25 heavy (non-hydrogen) atoms. The van der Waals surface area contributed by atoms with Crippen LogP contribution < -0.4 is 5.56 Å². The molecular weight excluding hydrogens is 352 g/mol. The van der Waals surface area contributed by atoms with E-state index >= 15 is 0 Å². The molecule has 2 aromatic heterocycles. The zero-order valence-corrected chi connectivity index (χ0v) is 14.9. The van der Waals surface area contributed by atoms with E-state index in [0.717, 1.165) is 23.1 Å². The highest BCUT2D eigenvalue weighted by molar-refractivity contribution is 7.17. The molecule has 4 rings (SSSR count). The lowest BCUT2D eigenvalue weighted by Crippen LogP contribution is -2.20. The summed E-state index contributed by atoms with van der Waals surface area (Å²) in [5, 5.41) is 2.65. The van der Waals surface area contributed by atoms with Crippen molar-refractivity contribution in [3.8, 4) is 11.1 Å². The van der Waals surface area contributed by atoms with Crippen LogP contribution in [0.15, 0.2) is 71.1 Å². The van der Waals surface area contributed by atoms with Crippen LogP contribution in [0.4, 0.5) is 0 Å². The third-order valence-corrected chi connectivity index (χ3v) is 5.36. The summed E-state index contributed by atoms with van der Waals surface area (Å²) >= 11 is 7.52. The van der Waals surface area contributed by atoms with E-state index < -0.39 is 0 Å². The van der Waals surface area contributed by atoms with E-state index in [1.165, 1.54) is 16.9 Å². The molecule has 0 fully saturated rings. The first-order chi connectivity index (χ1) is 12.2. The zero-order chi connectivity index (χ0) is 17.2. The molecule has 0 radical (unpaired) electrons. The summed E-state index contributed by atoms with van der Waals surface area (Å²) in [6.07, 6.45) is 2.45. The third kappa shape index (κ3) is 3.23. The fourth-order valence-electron chi connectivity index (χ4n) is 2.86. The lowest BCUT2D eigenvalue weighted by atomic mass is 10.1. The molecule has 0 bridgehead atoms. The van der Waals surface area contributed by atoms with E-state index in [-0.39, 0.29) is 5.56 Å². The average molecular weight is 367 g/mol. The first kappa shape index (κ1) is 16.1. The Labute approximate surface area is 154 Å². The fraction of sp³-hybridized carbons (Fsp3) is 0.100. The number of rotatable bonds is 4. The van der Waals surface area contributed by atoms with Crippen molar-refractivity contribution in [1.29, 1.82) is 0 Å². The second-order valence-electron chi connectivity index (χ2n) is 5.82. The lowest BCUT2D eigenvalue weighted by molar-refractivity contribution is 0.663. The van der Waals surface area contributed by atoms with Gasteiger partial charge in [-0.2, -0.15) is 0 Å². The number of halogens is 1. The van der Waals surface area contributed by atoms with Crippen molar-refractivity contribution in [1.82, 2.24) is 9.55 Å². The SMILES string of the molecule is O=c1c2scc(-c3cccc(Cl)c3)c2ncn1CCc1ccccc1. The third-order valence-electron chi connectivity index (χ3n) is 4.17. The molecule has 3 nitrogen and oxygen atoms in total. The van der Waals surface area contributed by atoms with Crippen molar-refractivity contribution >= 4 is 33.2 Å². The molecule has 2 heterocycles. The Morgan fingerprint density at radius 2 is 1.92 bits per heavy atom. The highest BCUT2D eigenvalue weighted by Crippen LogP contribution is 2.31. The Morgan fingerprint density at radius 3 is 2.72 bits per heavy atom. The number of hydrogen-bond donors (Lipinski definition) is 0. The number of thiophene rings is 1. The van der Waals surface area contributed by atoms with Gasteiger partial charge in [-0.25, -0.2) is 4.98 Å². The Balaban J connectivity index is 1.69. The van der Waals surface area contributed by atoms with Crippen LogP contribution in [0.25, 0.3) is 21.3 Å². The number of nitrogens with zero attached hydrogens (tertiary/aromatic N) is 2. The van der Waals surface area contributed by atoms with Crippen LogP contribution >= 0.6 is 22.9 Å². The van der Waals surface area contributed by atoms with E-state index in [1.54, 1.807) is 10.9 Å². The smallest absolute Gasteiger partial charge is 0.271 e. The molecule has 4 aromatic rings. The molecule has 124 valence electrons. The minimum atomic E-state index is 0.0132. The summed E-state index contributed by atoms with van der Waals surface area (Å²) in [5.41, 5.74) is 3.90. The molecule has 0 saturated heterocycles. The molecule has 0 aliphatic carbocycles. The summed E-state index contributed by atoms with van der Waals surface area (Å²) in [5.74, 6) is 0. The van der Waals surface area contributed by atoms with Gasteiger partial charge in [-0.1, -0.05) is 54.1 Å². The molecule has 0 spiro atoms. The Morgan fingerprint density at radius 1 is 1.08 bits per heavy atom. The molecule has 2 aromatic carbocycles. The van der Waals surface area contributed by atoms with E-state index in [0.29, 0.717) is 16.3 Å². The van der Waals surface area contributed by atoms with Gasteiger partial charge in [0.1, 0.15) is 4.70 Å². The molecule has 0 N–H and O–H groups in total. The number of hydrogen-bond acceptors (Lipinski definition) is 3. The van der Waals surface area contributed by atoms with Gasteiger partial charge in [-0.15, -0.1) is 11.3 Å². The second kappa shape index (κ2) is 6.82. The van der Waals surface area contributed by atoms with Crippen LogP contribution in [-0.4, -0.2) is 9.55 Å². The predicted molar refractivity (Wildman–Crippen MR) is 104 cm³/mol. The van der Waals surface area contributed by atoms with Crippen LogP contribution in [0.3, 0.4) is 0 Å². The summed E-state index contributed by atoms with van der Waals surface area (Å²) in [6, 6.07) is 17.8. The van der Waals surface area contributed by atoms with Gasteiger partial charge in [0.25, 0.3) is 5.56 Å². The molecule has 0 unspecified atom stereocenters. The molecule has 0 amide bonds. The minimum Gasteiger partial charge on any atom is -0.298 e. The van der Waals surface area contributed by atoms with E-state index in [4.69, 9.17) is 11.6 Å². The largest absolute Gasteiger partial charge is 0.298 e. The van der Waals surface area contributed by atoms with Crippen LogP contribution in [0.2, 0.25) is 5.02 Å². The quantitative estimate of drug-likeness (QED) is 0.508. The van der Waals surface area contributed by atoms with Gasteiger partial charge in [-0.3, -0.25) is 9.36 Å². The average Bonchev–Trinajstić information content (AvgIpc) is 3.07. The topological polar surface area (TPSA) is 34.9 Å². The van der Waals surface area contributed by atoms with Crippen molar-refractivity contribution in [3.63, 3.8) is 0 Å². The molecule has 0 saturated carbocycles. The van der Waals surface area contributed by atoms with Crippen molar-refractivity contribution in [2.75, 3.05) is 0 Å². The highest BCUT2D eigenvalue weighted by atomic mass is 35.5. The molecule has 5 heteroatoms. The van der Waals surface area contributed by atoms with E-state index in [9.17, 15) is 4.79 Å². The number of aryl methyl sites for hydroxylation is 2. The van der Waals surface area contributed by atoms with Crippen LogP contribution in [0.5, 0.6) is 0 Å². The molecule has 0 atom stereocenters. The Kier molecular flexibility index (Phi) is 4.38. The zero-order valence-electron chi connectivity index (χ0n) is 13.4.